The first-order chi connectivity index (χ1) is 18.6. The van der Waals surface area contributed by atoms with E-state index in [0.29, 0.717) is 17.7 Å². The van der Waals surface area contributed by atoms with E-state index in [4.69, 9.17) is 23.9 Å². The third-order valence-corrected chi connectivity index (χ3v) is 7.52. The van der Waals surface area contributed by atoms with Crippen LogP contribution in [-0.4, -0.2) is 47.3 Å². The van der Waals surface area contributed by atoms with Gasteiger partial charge in [-0.1, -0.05) is 0 Å². The Bertz CT molecular complexity index is 1580. The minimum absolute atomic E-state index is 0.215. The molecule has 0 aliphatic carbocycles. The fourth-order valence-corrected chi connectivity index (χ4v) is 6.01. The number of aromatic nitrogens is 2. The SMILES string of the molecule is CCOC(=O)c1nc2cc(C)c(C(OC(C)(C)C)C(=O)OCC)c(-c3ccc4c5c(ccnc35)CCO4)c2s1. The van der Waals surface area contributed by atoms with Crippen LogP contribution in [-0.2, 0) is 25.4 Å². The van der Waals surface area contributed by atoms with Gasteiger partial charge in [0.15, 0.2) is 6.10 Å². The highest BCUT2D eigenvalue weighted by atomic mass is 32.1. The topological polar surface area (TPSA) is 96.8 Å². The van der Waals surface area contributed by atoms with Crippen molar-refractivity contribution in [3.63, 3.8) is 0 Å². The average Bonchev–Trinajstić information content (AvgIpc) is 3.31. The number of esters is 2. The molecular formula is C30H32N2O6S. The highest BCUT2D eigenvalue weighted by molar-refractivity contribution is 7.20. The van der Waals surface area contributed by atoms with E-state index in [9.17, 15) is 9.59 Å². The molecule has 0 N–H and O–H groups in total. The van der Waals surface area contributed by atoms with E-state index in [1.165, 1.54) is 11.3 Å². The number of nitrogens with zero attached hydrogens (tertiary/aromatic N) is 2. The molecule has 1 unspecified atom stereocenters. The molecule has 2 aromatic carbocycles. The summed E-state index contributed by atoms with van der Waals surface area (Å²) in [5, 5.41) is 1.19. The first kappa shape index (κ1) is 27.0. The number of carbonyl (C=O) groups excluding carboxylic acids is 2. The number of hydrogen-bond donors (Lipinski definition) is 0. The second kappa shape index (κ2) is 10.5. The van der Waals surface area contributed by atoms with Crippen molar-refractivity contribution >= 4 is 44.4 Å². The van der Waals surface area contributed by atoms with E-state index in [2.05, 4.69) is 4.98 Å². The molecule has 0 amide bonds. The molecular weight excluding hydrogens is 516 g/mol. The van der Waals surface area contributed by atoms with Crippen LogP contribution in [0.3, 0.4) is 0 Å². The summed E-state index contributed by atoms with van der Waals surface area (Å²) in [5.41, 5.74) is 4.88. The van der Waals surface area contributed by atoms with Crippen molar-refractivity contribution < 1.29 is 28.5 Å². The van der Waals surface area contributed by atoms with Gasteiger partial charge in [0.05, 0.1) is 41.2 Å². The largest absolute Gasteiger partial charge is 0.493 e. The molecule has 0 radical (unpaired) electrons. The van der Waals surface area contributed by atoms with Gasteiger partial charge in [-0.15, -0.1) is 11.3 Å². The Labute approximate surface area is 231 Å². The van der Waals surface area contributed by atoms with Crippen LogP contribution in [0.5, 0.6) is 5.75 Å². The molecule has 1 aliphatic rings. The zero-order valence-electron chi connectivity index (χ0n) is 23.0. The predicted octanol–water partition coefficient (Wildman–Crippen LogP) is 6.35. The Morgan fingerprint density at radius 2 is 1.90 bits per heavy atom. The van der Waals surface area contributed by atoms with Crippen LogP contribution in [0.15, 0.2) is 30.5 Å². The average molecular weight is 549 g/mol. The lowest BCUT2D eigenvalue weighted by Crippen LogP contribution is -2.29. The van der Waals surface area contributed by atoms with Crippen molar-refractivity contribution in [2.75, 3.05) is 19.8 Å². The fraction of sp³-hybridized carbons (Fsp3) is 0.400. The van der Waals surface area contributed by atoms with Gasteiger partial charge in [-0.3, -0.25) is 4.98 Å². The van der Waals surface area contributed by atoms with Crippen molar-refractivity contribution in [1.82, 2.24) is 9.97 Å². The lowest BCUT2D eigenvalue weighted by molar-refractivity contribution is -0.166. The van der Waals surface area contributed by atoms with E-state index < -0.39 is 23.6 Å². The number of hydrogen-bond acceptors (Lipinski definition) is 9. The van der Waals surface area contributed by atoms with Crippen molar-refractivity contribution in [3.05, 3.63) is 52.2 Å². The van der Waals surface area contributed by atoms with Crippen LogP contribution >= 0.6 is 11.3 Å². The summed E-state index contributed by atoms with van der Waals surface area (Å²) in [4.78, 5) is 35.5. The second-order valence-electron chi connectivity index (χ2n) is 10.3. The molecule has 3 heterocycles. The lowest BCUT2D eigenvalue weighted by atomic mass is 9.89. The molecule has 0 saturated heterocycles. The zero-order valence-corrected chi connectivity index (χ0v) is 23.9. The van der Waals surface area contributed by atoms with Gasteiger partial charge in [-0.2, -0.15) is 0 Å². The molecule has 5 rings (SSSR count). The maximum Gasteiger partial charge on any atom is 0.367 e. The molecule has 0 saturated carbocycles. The van der Waals surface area contributed by atoms with E-state index in [1.54, 1.807) is 20.0 Å². The second-order valence-corrected chi connectivity index (χ2v) is 11.3. The van der Waals surface area contributed by atoms with Crippen molar-refractivity contribution in [3.8, 4) is 16.9 Å². The summed E-state index contributed by atoms with van der Waals surface area (Å²) < 4.78 is 23.8. The molecule has 8 nitrogen and oxygen atoms in total. The van der Waals surface area contributed by atoms with Crippen LogP contribution in [0.1, 0.15) is 67.2 Å². The predicted molar refractivity (Wildman–Crippen MR) is 150 cm³/mol. The maximum absolute atomic E-state index is 13.4. The van der Waals surface area contributed by atoms with Gasteiger partial charge in [0.2, 0.25) is 5.01 Å². The zero-order chi connectivity index (χ0) is 27.9. The Kier molecular flexibility index (Phi) is 7.31. The molecule has 1 aliphatic heterocycles. The van der Waals surface area contributed by atoms with E-state index in [-0.39, 0.29) is 18.2 Å². The summed E-state index contributed by atoms with van der Waals surface area (Å²) in [5.74, 6) is -0.191. The third kappa shape index (κ3) is 5.08. The third-order valence-electron chi connectivity index (χ3n) is 6.45. The van der Waals surface area contributed by atoms with Gasteiger partial charge in [0.1, 0.15) is 5.75 Å². The summed E-state index contributed by atoms with van der Waals surface area (Å²) >= 11 is 1.23. The van der Waals surface area contributed by atoms with Crippen LogP contribution in [0.2, 0.25) is 0 Å². The normalized spacial score (nSPS) is 13.8. The van der Waals surface area contributed by atoms with E-state index >= 15 is 0 Å². The highest BCUT2D eigenvalue weighted by Gasteiger charge is 2.34. The van der Waals surface area contributed by atoms with Crippen LogP contribution in [0, 0.1) is 6.92 Å². The number of thiazole rings is 1. The number of ether oxygens (including phenoxy) is 4. The number of rotatable bonds is 7. The molecule has 204 valence electrons. The van der Waals surface area contributed by atoms with E-state index in [0.717, 1.165) is 50.0 Å². The molecule has 39 heavy (non-hydrogen) atoms. The monoisotopic (exact) mass is 548 g/mol. The van der Waals surface area contributed by atoms with E-state index in [1.807, 2.05) is 52.0 Å². The number of benzene rings is 2. The van der Waals surface area contributed by atoms with Crippen LogP contribution < -0.4 is 4.74 Å². The lowest BCUT2D eigenvalue weighted by Gasteiger charge is -2.29. The van der Waals surface area contributed by atoms with Crippen LogP contribution in [0.25, 0.3) is 32.2 Å². The molecule has 4 aromatic rings. The number of fused-ring (bicyclic) bond motifs is 1. The highest BCUT2D eigenvalue weighted by Crippen LogP contribution is 2.46. The van der Waals surface area contributed by atoms with Crippen LogP contribution in [0.4, 0.5) is 0 Å². The molecule has 0 bridgehead atoms. The first-order valence-corrected chi connectivity index (χ1v) is 13.9. The summed E-state index contributed by atoms with van der Waals surface area (Å²) in [6, 6.07) is 7.80. The standard InChI is InChI=1S/C30H32N2O6S/c1-7-35-28(33)25(38-30(4,5)6)21-16(3)15-19-26(39-27(32-19)29(34)36-8-2)23(21)18-9-10-20-22-17(12-14-37-20)11-13-31-24(18)22/h9-11,13,15,25H,7-8,12,14H2,1-6H3. The first-order valence-electron chi connectivity index (χ1n) is 13.1. The minimum Gasteiger partial charge on any atom is -0.493 e. The maximum atomic E-state index is 13.4. The van der Waals surface area contributed by atoms with Gasteiger partial charge in [0, 0.05) is 34.7 Å². The molecule has 0 fully saturated rings. The number of aryl methyl sites for hydroxylation is 1. The molecule has 9 heteroatoms. The fourth-order valence-electron chi connectivity index (χ4n) is 5.00. The summed E-state index contributed by atoms with van der Waals surface area (Å²) in [6.45, 7) is 12.2. The summed E-state index contributed by atoms with van der Waals surface area (Å²) in [7, 11) is 0. The Morgan fingerprint density at radius 3 is 2.62 bits per heavy atom. The van der Waals surface area contributed by atoms with Gasteiger partial charge in [0.25, 0.3) is 0 Å². The quantitative estimate of drug-likeness (QED) is 0.247. The Hall–Kier alpha value is -3.56. The number of carbonyl (C=O) groups is 2. The Morgan fingerprint density at radius 1 is 1.13 bits per heavy atom. The van der Waals surface area contributed by atoms with Gasteiger partial charge in [-0.05, 0) is 76.9 Å². The van der Waals surface area contributed by atoms with Crippen molar-refractivity contribution in [2.24, 2.45) is 0 Å². The smallest absolute Gasteiger partial charge is 0.367 e. The van der Waals surface area contributed by atoms with Gasteiger partial charge in [-0.25, -0.2) is 14.6 Å². The molecule has 2 aromatic heterocycles. The molecule has 0 spiro atoms. The van der Waals surface area contributed by atoms with Crippen molar-refractivity contribution in [1.29, 1.82) is 0 Å². The summed E-state index contributed by atoms with van der Waals surface area (Å²) in [6.07, 6.45) is 1.56. The minimum atomic E-state index is -1.01. The van der Waals surface area contributed by atoms with Crippen molar-refractivity contribution in [2.45, 2.75) is 59.7 Å². The van der Waals surface area contributed by atoms with Gasteiger partial charge >= 0.3 is 11.9 Å². The Balaban J connectivity index is 1.88. The number of pyridine rings is 1. The van der Waals surface area contributed by atoms with Gasteiger partial charge < -0.3 is 18.9 Å². The molecule has 1 atom stereocenters.